The van der Waals surface area contributed by atoms with Crippen LogP contribution in [0.4, 0.5) is 8.78 Å². The van der Waals surface area contributed by atoms with Gasteiger partial charge in [-0.1, -0.05) is 23.7 Å². The van der Waals surface area contributed by atoms with Crippen molar-refractivity contribution in [3.8, 4) is 5.69 Å². The quantitative estimate of drug-likeness (QED) is 0.632. The fraction of sp³-hybridized carbons (Fsp3) is 0.0714. The molecule has 0 aliphatic carbocycles. The lowest BCUT2D eigenvalue weighted by Crippen LogP contribution is -2.01. The van der Waals surface area contributed by atoms with E-state index in [-0.39, 0.29) is 9.79 Å². The summed E-state index contributed by atoms with van der Waals surface area (Å²) in [5, 5.41) is -0.00819. The number of hydrogen-bond acceptors (Lipinski definition) is 1. The van der Waals surface area contributed by atoms with Crippen LogP contribution in [0.5, 0.6) is 0 Å². The molecule has 1 aromatic heterocycles. The molecule has 0 radical (unpaired) electrons. The van der Waals surface area contributed by atoms with E-state index in [0.29, 0.717) is 22.3 Å². The van der Waals surface area contributed by atoms with Crippen LogP contribution in [-0.4, -0.2) is 9.55 Å². The summed E-state index contributed by atoms with van der Waals surface area (Å²) in [7, 11) is 0. The van der Waals surface area contributed by atoms with E-state index in [0.717, 1.165) is 0 Å². The summed E-state index contributed by atoms with van der Waals surface area (Å²) < 4.78 is 29.5. The van der Waals surface area contributed by atoms with E-state index in [9.17, 15) is 8.78 Å². The first-order valence-electron chi connectivity index (χ1n) is 5.84. The Morgan fingerprint density at radius 3 is 2.65 bits per heavy atom. The first-order valence-corrected chi connectivity index (χ1v) is 6.63. The first-order chi connectivity index (χ1) is 9.49. The minimum absolute atomic E-state index is 0.00819. The smallest absolute Gasteiger partial charge is 0.182 e. The van der Waals surface area contributed by atoms with Gasteiger partial charge in [-0.25, -0.2) is 8.78 Å². The Balaban J connectivity index is 2.46. The van der Waals surface area contributed by atoms with Gasteiger partial charge in [-0.3, -0.25) is 4.57 Å². The van der Waals surface area contributed by atoms with E-state index in [1.165, 1.54) is 22.8 Å². The number of rotatable bonds is 1. The van der Waals surface area contributed by atoms with Gasteiger partial charge in [0.2, 0.25) is 0 Å². The molecule has 6 heteroatoms. The van der Waals surface area contributed by atoms with Crippen LogP contribution in [0, 0.1) is 23.3 Å². The van der Waals surface area contributed by atoms with Gasteiger partial charge < -0.3 is 4.98 Å². The Morgan fingerprint density at radius 2 is 1.95 bits per heavy atom. The van der Waals surface area contributed by atoms with Crippen molar-refractivity contribution in [3.05, 3.63) is 57.3 Å². The van der Waals surface area contributed by atoms with Crippen molar-refractivity contribution in [1.82, 2.24) is 9.55 Å². The number of fused-ring (bicyclic) bond motifs is 1. The van der Waals surface area contributed by atoms with Crippen molar-refractivity contribution >= 4 is 34.9 Å². The van der Waals surface area contributed by atoms with E-state index >= 15 is 0 Å². The van der Waals surface area contributed by atoms with Crippen molar-refractivity contribution in [2.45, 2.75) is 6.92 Å². The number of aromatic nitrogens is 2. The van der Waals surface area contributed by atoms with Crippen molar-refractivity contribution in [1.29, 1.82) is 0 Å². The van der Waals surface area contributed by atoms with Gasteiger partial charge in [0.1, 0.15) is 11.6 Å². The maximum Gasteiger partial charge on any atom is 0.182 e. The zero-order valence-electron chi connectivity index (χ0n) is 10.4. The molecule has 0 saturated heterocycles. The molecule has 0 atom stereocenters. The van der Waals surface area contributed by atoms with Crippen molar-refractivity contribution in [2.75, 3.05) is 0 Å². The molecule has 0 amide bonds. The standard InChI is InChI=1S/C14H9ClF2N2S/c1-7-3-2-4-9(16)13(7)19-12-6-10(17)8(15)5-11(12)18-14(19)20/h2-6H,1H3,(H,18,20). The number of aryl methyl sites for hydroxylation is 1. The number of H-pyrrole nitrogens is 1. The van der Waals surface area contributed by atoms with Crippen LogP contribution in [0.15, 0.2) is 30.3 Å². The van der Waals surface area contributed by atoms with Gasteiger partial charge in [-0.05, 0) is 36.8 Å². The van der Waals surface area contributed by atoms with E-state index < -0.39 is 11.6 Å². The lowest BCUT2D eigenvalue weighted by Gasteiger charge is -2.09. The zero-order chi connectivity index (χ0) is 14.4. The number of benzene rings is 2. The Kier molecular flexibility index (Phi) is 3.11. The Labute approximate surface area is 123 Å². The summed E-state index contributed by atoms with van der Waals surface area (Å²) in [6, 6.07) is 7.41. The number of halogens is 3. The Bertz CT molecular complexity index is 862. The van der Waals surface area contributed by atoms with Gasteiger partial charge >= 0.3 is 0 Å². The number of aromatic amines is 1. The molecule has 2 aromatic carbocycles. The number of nitrogens with one attached hydrogen (secondary N) is 1. The second-order valence-electron chi connectivity index (χ2n) is 4.45. The highest BCUT2D eigenvalue weighted by Crippen LogP contribution is 2.27. The predicted octanol–water partition coefficient (Wildman–Crippen LogP) is 4.93. The Hall–Kier alpha value is -1.72. The van der Waals surface area contributed by atoms with E-state index in [1.54, 1.807) is 19.1 Å². The number of nitrogens with zero attached hydrogens (tertiary/aromatic N) is 1. The largest absolute Gasteiger partial charge is 0.330 e. The maximum atomic E-state index is 14.1. The van der Waals surface area contributed by atoms with Crippen LogP contribution in [0.25, 0.3) is 16.7 Å². The first kappa shape index (κ1) is 13.3. The molecule has 20 heavy (non-hydrogen) atoms. The molecule has 0 spiro atoms. The van der Waals surface area contributed by atoms with Gasteiger partial charge in [0.15, 0.2) is 4.77 Å². The van der Waals surface area contributed by atoms with E-state index in [2.05, 4.69) is 4.98 Å². The fourth-order valence-electron chi connectivity index (χ4n) is 2.23. The predicted molar refractivity (Wildman–Crippen MR) is 78.1 cm³/mol. The fourth-order valence-corrected chi connectivity index (χ4v) is 2.69. The van der Waals surface area contributed by atoms with Gasteiger partial charge in [0.05, 0.1) is 21.7 Å². The molecule has 0 saturated carbocycles. The third kappa shape index (κ3) is 1.94. The molecule has 0 fully saturated rings. The van der Waals surface area contributed by atoms with E-state index in [4.69, 9.17) is 23.8 Å². The highest BCUT2D eigenvalue weighted by molar-refractivity contribution is 7.71. The van der Waals surface area contributed by atoms with Gasteiger partial charge in [0.25, 0.3) is 0 Å². The maximum absolute atomic E-state index is 14.1. The average Bonchev–Trinajstić information content (AvgIpc) is 2.67. The van der Waals surface area contributed by atoms with Gasteiger partial charge in [0, 0.05) is 6.07 Å². The number of para-hydroxylation sites is 1. The van der Waals surface area contributed by atoms with Gasteiger partial charge in [-0.15, -0.1) is 0 Å². The van der Waals surface area contributed by atoms with Crippen LogP contribution < -0.4 is 0 Å². The van der Waals surface area contributed by atoms with Crippen LogP contribution in [-0.2, 0) is 0 Å². The summed E-state index contributed by atoms with van der Waals surface area (Å²) in [4.78, 5) is 2.91. The minimum Gasteiger partial charge on any atom is -0.330 e. The topological polar surface area (TPSA) is 20.7 Å². The molecular weight excluding hydrogens is 302 g/mol. The van der Waals surface area contributed by atoms with Crippen LogP contribution in [0.2, 0.25) is 5.02 Å². The van der Waals surface area contributed by atoms with E-state index in [1.807, 2.05) is 0 Å². The second-order valence-corrected chi connectivity index (χ2v) is 5.25. The highest BCUT2D eigenvalue weighted by Gasteiger charge is 2.14. The highest BCUT2D eigenvalue weighted by atomic mass is 35.5. The third-order valence-corrected chi connectivity index (χ3v) is 3.71. The molecule has 1 N–H and O–H groups in total. The molecule has 0 aliphatic rings. The monoisotopic (exact) mass is 310 g/mol. The summed E-state index contributed by atoms with van der Waals surface area (Å²) >= 11 is 11.0. The average molecular weight is 311 g/mol. The van der Waals surface area contributed by atoms with Crippen LogP contribution >= 0.6 is 23.8 Å². The normalized spacial score (nSPS) is 11.2. The molecule has 0 aliphatic heterocycles. The van der Waals surface area contributed by atoms with Gasteiger partial charge in [-0.2, -0.15) is 0 Å². The van der Waals surface area contributed by atoms with Crippen LogP contribution in [0.3, 0.4) is 0 Å². The molecule has 0 bridgehead atoms. The molecule has 102 valence electrons. The lowest BCUT2D eigenvalue weighted by atomic mass is 10.2. The van der Waals surface area contributed by atoms with Crippen molar-refractivity contribution in [2.24, 2.45) is 0 Å². The van der Waals surface area contributed by atoms with Crippen molar-refractivity contribution in [3.63, 3.8) is 0 Å². The minimum atomic E-state index is -0.573. The number of imidazole rings is 1. The lowest BCUT2D eigenvalue weighted by molar-refractivity contribution is 0.616. The molecule has 1 heterocycles. The molecule has 3 rings (SSSR count). The Morgan fingerprint density at radius 1 is 1.20 bits per heavy atom. The van der Waals surface area contributed by atoms with Crippen LogP contribution in [0.1, 0.15) is 5.56 Å². The summed E-state index contributed by atoms with van der Waals surface area (Å²) in [6.45, 7) is 1.77. The summed E-state index contributed by atoms with van der Waals surface area (Å²) in [5.41, 5.74) is 2.02. The molecule has 0 unspecified atom stereocenters. The summed E-state index contributed by atoms with van der Waals surface area (Å²) in [6.07, 6.45) is 0. The summed E-state index contributed by atoms with van der Waals surface area (Å²) in [5.74, 6) is -0.992. The SMILES string of the molecule is Cc1cccc(F)c1-n1c(=S)[nH]c2cc(Cl)c(F)cc21. The number of hydrogen-bond donors (Lipinski definition) is 1. The molecule has 2 nitrogen and oxygen atoms in total. The zero-order valence-corrected chi connectivity index (χ0v) is 11.9. The third-order valence-electron chi connectivity index (χ3n) is 3.14. The molecular formula is C14H9ClF2N2S. The van der Waals surface area contributed by atoms with Crippen molar-refractivity contribution < 1.29 is 8.78 Å². The second kappa shape index (κ2) is 4.68. The molecule has 3 aromatic rings.